The van der Waals surface area contributed by atoms with Crippen molar-refractivity contribution >= 4 is 11.6 Å². The van der Waals surface area contributed by atoms with Crippen LogP contribution in [-0.2, 0) is 0 Å². The minimum absolute atomic E-state index is 0.0529. The monoisotopic (exact) mass is 280 g/mol. The lowest BCUT2D eigenvalue weighted by atomic mass is 9.85. The number of ether oxygens (including phenoxy) is 1. The summed E-state index contributed by atoms with van der Waals surface area (Å²) in [6.07, 6.45) is 2.09. The Kier molecular flexibility index (Phi) is 3.24. The van der Waals surface area contributed by atoms with Crippen molar-refractivity contribution in [3.63, 3.8) is 0 Å². The molecular weight excluding hydrogens is 260 g/mol. The van der Waals surface area contributed by atoms with Crippen LogP contribution in [0.2, 0.25) is 5.02 Å². The molecule has 104 valence electrons. The lowest BCUT2D eigenvalue weighted by Crippen LogP contribution is -2.45. The SMILES string of the molecule is CNC1CC2(CC(C)N(C)C2)Oc2ccc(Cl)cc21. The van der Waals surface area contributed by atoms with Crippen molar-refractivity contribution in [2.45, 2.75) is 37.5 Å². The van der Waals surface area contributed by atoms with Crippen LogP contribution in [-0.4, -0.2) is 37.2 Å². The summed E-state index contributed by atoms with van der Waals surface area (Å²) in [4.78, 5) is 2.38. The Morgan fingerprint density at radius 2 is 2.21 bits per heavy atom. The van der Waals surface area contributed by atoms with Crippen molar-refractivity contribution in [3.05, 3.63) is 28.8 Å². The number of hydrogen-bond acceptors (Lipinski definition) is 3. The van der Waals surface area contributed by atoms with Crippen molar-refractivity contribution in [2.75, 3.05) is 20.6 Å². The zero-order valence-electron chi connectivity index (χ0n) is 11.7. The van der Waals surface area contributed by atoms with Gasteiger partial charge in [-0.15, -0.1) is 0 Å². The topological polar surface area (TPSA) is 24.5 Å². The first kappa shape index (κ1) is 13.2. The summed E-state index contributed by atoms with van der Waals surface area (Å²) in [6.45, 7) is 3.26. The molecule has 0 amide bonds. The fourth-order valence-electron chi connectivity index (χ4n) is 3.49. The fourth-order valence-corrected chi connectivity index (χ4v) is 3.67. The number of benzene rings is 1. The van der Waals surface area contributed by atoms with E-state index in [0.717, 1.165) is 30.2 Å². The van der Waals surface area contributed by atoms with Gasteiger partial charge in [0.15, 0.2) is 0 Å². The molecule has 1 aromatic rings. The van der Waals surface area contributed by atoms with Gasteiger partial charge in [-0.2, -0.15) is 0 Å². The summed E-state index contributed by atoms with van der Waals surface area (Å²) >= 11 is 6.10. The molecular formula is C15H21ClN2O. The summed E-state index contributed by atoms with van der Waals surface area (Å²) < 4.78 is 6.37. The lowest BCUT2D eigenvalue weighted by molar-refractivity contribution is 0.0417. The van der Waals surface area contributed by atoms with Gasteiger partial charge in [0.25, 0.3) is 0 Å². The number of nitrogens with one attached hydrogen (secondary N) is 1. The predicted octanol–water partition coefficient (Wildman–Crippen LogP) is 2.85. The van der Waals surface area contributed by atoms with E-state index in [4.69, 9.17) is 16.3 Å². The first-order chi connectivity index (χ1) is 9.03. The highest BCUT2D eigenvalue weighted by molar-refractivity contribution is 6.30. The van der Waals surface area contributed by atoms with E-state index in [9.17, 15) is 0 Å². The standard InChI is InChI=1S/C15H21ClN2O/c1-10-7-15(9-18(10)3)8-13(17-2)12-6-11(16)4-5-14(12)19-15/h4-6,10,13,17H,7-9H2,1-3H3. The Morgan fingerprint density at radius 1 is 1.42 bits per heavy atom. The summed E-state index contributed by atoms with van der Waals surface area (Å²) in [5.41, 5.74) is 1.13. The maximum atomic E-state index is 6.37. The lowest BCUT2D eigenvalue weighted by Gasteiger charge is -2.40. The zero-order valence-corrected chi connectivity index (χ0v) is 12.5. The highest BCUT2D eigenvalue weighted by Gasteiger charge is 2.47. The second kappa shape index (κ2) is 4.65. The number of fused-ring (bicyclic) bond motifs is 1. The van der Waals surface area contributed by atoms with E-state index in [1.165, 1.54) is 5.56 Å². The molecule has 0 bridgehead atoms. The molecule has 0 radical (unpaired) electrons. The molecule has 1 N–H and O–H groups in total. The molecule has 3 atom stereocenters. The van der Waals surface area contributed by atoms with E-state index in [1.807, 2.05) is 25.2 Å². The van der Waals surface area contributed by atoms with Crippen LogP contribution in [0, 0.1) is 0 Å². The van der Waals surface area contributed by atoms with Crippen molar-refractivity contribution in [1.82, 2.24) is 10.2 Å². The molecule has 2 heterocycles. The van der Waals surface area contributed by atoms with Crippen LogP contribution >= 0.6 is 11.6 Å². The van der Waals surface area contributed by atoms with Crippen LogP contribution in [0.25, 0.3) is 0 Å². The molecule has 0 aliphatic carbocycles. The molecule has 3 nitrogen and oxygen atoms in total. The maximum Gasteiger partial charge on any atom is 0.125 e. The van der Waals surface area contributed by atoms with Gasteiger partial charge in [-0.3, -0.25) is 4.90 Å². The van der Waals surface area contributed by atoms with E-state index in [1.54, 1.807) is 0 Å². The molecule has 1 saturated heterocycles. The predicted molar refractivity (Wildman–Crippen MR) is 77.9 cm³/mol. The molecule has 0 saturated carbocycles. The van der Waals surface area contributed by atoms with Gasteiger partial charge in [0.2, 0.25) is 0 Å². The highest BCUT2D eigenvalue weighted by atomic mass is 35.5. The maximum absolute atomic E-state index is 6.37. The quantitative estimate of drug-likeness (QED) is 0.856. The molecule has 2 aliphatic rings. The number of rotatable bonds is 1. The van der Waals surface area contributed by atoms with E-state index < -0.39 is 0 Å². The van der Waals surface area contributed by atoms with Crippen molar-refractivity contribution in [1.29, 1.82) is 0 Å². The number of hydrogen-bond donors (Lipinski definition) is 1. The second-order valence-corrected chi connectivity index (χ2v) is 6.42. The summed E-state index contributed by atoms with van der Waals surface area (Å²) in [6, 6.07) is 6.83. The molecule has 19 heavy (non-hydrogen) atoms. The Balaban J connectivity index is 1.96. The van der Waals surface area contributed by atoms with Gasteiger partial charge in [0, 0.05) is 42.1 Å². The van der Waals surface area contributed by atoms with Crippen molar-refractivity contribution in [3.8, 4) is 5.75 Å². The number of nitrogens with zero attached hydrogens (tertiary/aromatic N) is 1. The molecule has 3 rings (SSSR count). The van der Waals surface area contributed by atoms with Crippen LogP contribution in [0.3, 0.4) is 0 Å². The third-order valence-corrected chi connectivity index (χ3v) is 4.79. The first-order valence-corrected chi connectivity index (χ1v) is 7.27. The van der Waals surface area contributed by atoms with Crippen LogP contribution in [0.4, 0.5) is 0 Å². The van der Waals surface area contributed by atoms with Crippen LogP contribution in [0.1, 0.15) is 31.4 Å². The summed E-state index contributed by atoms with van der Waals surface area (Å²) in [5.74, 6) is 0.984. The first-order valence-electron chi connectivity index (χ1n) is 6.89. The molecule has 1 spiro atoms. The number of halogens is 1. The van der Waals surface area contributed by atoms with E-state index >= 15 is 0 Å². The minimum atomic E-state index is -0.0529. The van der Waals surface area contributed by atoms with Gasteiger partial charge in [-0.25, -0.2) is 0 Å². The molecule has 3 unspecified atom stereocenters. The minimum Gasteiger partial charge on any atom is -0.485 e. The molecule has 4 heteroatoms. The van der Waals surface area contributed by atoms with Gasteiger partial charge < -0.3 is 10.1 Å². The molecule has 0 aromatic heterocycles. The Hall–Kier alpha value is -0.770. The van der Waals surface area contributed by atoms with E-state index in [2.05, 4.69) is 24.2 Å². The molecule has 2 aliphatic heterocycles. The average molecular weight is 281 g/mol. The van der Waals surface area contributed by atoms with Gasteiger partial charge in [-0.1, -0.05) is 11.6 Å². The van der Waals surface area contributed by atoms with Gasteiger partial charge >= 0.3 is 0 Å². The van der Waals surface area contributed by atoms with E-state index in [0.29, 0.717) is 12.1 Å². The van der Waals surface area contributed by atoms with Gasteiger partial charge in [0.05, 0.1) is 0 Å². The van der Waals surface area contributed by atoms with Crippen LogP contribution in [0.5, 0.6) is 5.75 Å². The largest absolute Gasteiger partial charge is 0.485 e. The van der Waals surface area contributed by atoms with Gasteiger partial charge in [-0.05, 0) is 39.2 Å². The third-order valence-electron chi connectivity index (χ3n) is 4.56. The van der Waals surface area contributed by atoms with Crippen molar-refractivity contribution < 1.29 is 4.74 Å². The smallest absolute Gasteiger partial charge is 0.125 e. The fraction of sp³-hybridized carbons (Fsp3) is 0.600. The molecule has 1 fully saturated rings. The Bertz CT molecular complexity index is 481. The van der Waals surface area contributed by atoms with Crippen LogP contribution < -0.4 is 10.1 Å². The Labute approximate surface area is 119 Å². The average Bonchev–Trinajstić information content (AvgIpc) is 2.64. The van der Waals surface area contributed by atoms with Crippen molar-refractivity contribution in [2.24, 2.45) is 0 Å². The summed E-state index contributed by atoms with van der Waals surface area (Å²) in [5, 5.41) is 4.18. The normalized spacial score (nSPS) is 34.3. The number of likely N-dealkylation sites (N-methyl/N-ethyl adjacent to an activating group) is 1. The van der Waals surface area contributed by atoms with Crippen LogP contribution in [0.15, 0.2) is 18.2 Å². The third kappa shape index (κ3) is 2.24. The summed E-state index contributed by atoms with van der Waals surface area (Å²) in [7, 11) is 4.19. The zero-order chi connectivity index (χ0) is 13.6. The van der Waals surface area contributed by atoms with Gasteiger partial charge in [0.1, 0.15) is 11.4 Å². The number of likely N-dealkylation sites (tertiary alicyclic amines) is 1. The van der Waals surface area contributed by atoms with E-state index in [-0.39, 0.29) is 5.60 Å². The molecule has 1 aromatic carbocycles. The Morgan fingerprint density at radius 3 is 2.84 bits per heavy atom. The highest BCUT2D eigenvalue weighted by Crippen LogP contribution is 2.45. The second-order valence-electron chi connectivity index (χ2n) is 5.98.